The number of hydrogen-bond acceptors (Lipinski definition) is 3. The SMILES string of the molecule is C[C@@H]1CC[C@@H](NCC2CCS(=O)(=O)CC2)C[C@@H]1C. The summed E-state index contributed by atoms with van der Waals surface area (Å²) in [6.07, 6.45) is 5.61. The molecule has 0 radical (unpaired) electrons. The highest BCUT2D eigenvalue weighted by molar-refractivity contribution is 7.91. The quantitative estimate of drug-likeness (QED) is 0.857. The summed E-state index contributed by atoms with van der Waals surface area (Å²) in [5.41, 5.74) is 0. The predicted octanol–water partition coefficient (Wildman–Crippen LogP) is 2.23. The number of rotatable bonds is 3. The molecule has 4 heteroatoms. The van der Waals surface area contributed by atoms with E-state index in [9.17, 15) is 8.42 Å². The maximum Gasteiger partial charge on any atom is 0.150 e. The second kappa shape index (κ2) is 5.91. The molecule has 0 aromatic heterocycles. The van der Waals surface area contributed by atoms with E-state index >= 15 is 0 Å². The molecule has 1 aliphatic carbocycles. The van der Waals surface area contributed by atoms with E-state index in [1.54, 1.807) is 0 Å². The molecule has 2 rings (SSSR count). The summed E-state index contributed by atoms with van der Waals surface area (Å²) in [4.78, 5) is 0. The van der Waals surface area contributed by atoms with Crippen molar-refractivity contribution in [3.63, 3.8) is 0 Å². The smallest absolute Gasteiger partial charge is 0.150 e. The first-order valence-electron chi connectivity index (χ1n) is 7.40. The van der Waals surface area contributed by atoms with Crippen LogP contribution in [0.3, 0.4) is 0 Å². The zero-order chi connectivity index (χ0) is 13.2. The van der Waals surface area contributed by atoms with Gasteiger partial charge in [0.05, 0.1) is 11.5 Å². The second-order valence-electron chi connectivity index (χ2n) is 6.47. The monoisotopic (exact) mass is 273 g/mol. The Bertz CT molecular complexity index is 352. The molecular formula is C14H27NO2S. The summed E-state index contributed by atoms with van der Waals surface area (Å²) in [7, 11) is -2.70. The van der Waals surface area contributed by atoms with Crippen LogP contribution in [0.15, 0.2) is 0 Å². The van der Waals surface area contributed by atoms with Gasteiger partial charge < -0.3 is 5.32 Å². The molecule has 3 nitrogen and oxygen atoms in total. The van der Waals surface area contributed by atoms with Gasteiger partial charge in [-0.15, -0.1) is 0 Å². The van der Waals surface area contributed by atoms with Crippen molar-refractivity contribution in [1.82, 2.24) is 5.32 Å². The van der Waals surface area contributed by atoms with Crippen molar-refractivity contribution in [2.75, 3.05) is 18.1 Å². The molecule has 2 aliphatic rings. The molecular weight excluding hydrogens is 246 g/mol. The van der Waals surface area contributed by atoms with Gasteiger partial charge in [0.15, 0.2) is 0 Å². The third kappa shape index (κ3) is 3.95. The third-order valence-corrected chi connectivity index (χ3v) is 6.68. The van der Waals surface area contributed by atoms with E-state index in [4.69, 9.17) is 0 Å². The first kappa shape index (κ1) is 14.3. The van der Waals surface area contributed by atoms with Crippen LogP contribution < -0.4 is 5.32 Å². The van der Waals surface area contributed by atoms with Crippen molar-refractivity contribution >= 4 is 9.84 Å². The number of nitrogens with one attached hydrogen (secondary N) is 1. The van der Waals surface area contributed by atoms with Gasteiger partial charge in [-0.2, -0.15) is 0 Å². The average molecular weight is 273 g/mol. The Morgan fingerprint density at radius 3 is 2.28 bits per heavy atom. The standard InChI is InChI=1S/C14H27NO2S/c1-11-3-4-14(9-12(11)2)15-10-13-5-7-18(16,17)8-6-13/h11-15H,3-10H2,1-2H3/t11-,12+,14-/m1/s1. The van der Waals surface area contributed by atoms with Crippen LogP contribution in [0.25, 0.3) is 0 Å². The largest absolute Gasteiger partial charge is 0.314 e. The molecule has 0 aromatic carbocycles. The van der Waals surface area contributed by atoms with Gasteiger partial charge in [0.1, 0.15) is 9.84 Å². The Hall–Kier alpha value is -0.0900. The first-order chi connectivity index (χ1) is 8.46. The van der Waals surface area contributed by atoms with Crippen molar-refractivity contribution in [3.8, 4) is 0 Å². The molecule has 0 bridgehead atoms. The van der Waals surface area contributed by atoms with Crippen molar-refractivity contribution in [2.24, 2.45) is 17.8 Å². The average Bonchev–Trinajstić information content (AvgIpc) is 2.32. The van der Waals surface area contributed by atoms with E-state index in [1.165, 1.54) is 19.3 Å². The summed E-state index contributed by atoms with van der Waals surface area (Å²) in [6.45, 7) is 5.72. The molecule has 1 saturated carbocycles. The molecule has 0 unspecified atom stereocenters. The summed E-state index contributed by atoms with van der Waals surface area (Å²) in [6, 6.07) is 0.662. The number of hydrogen-bond donors (Lipinski definition) is 1. The number of sulfone groups is 1. The Morgan fingerprint density at radius 2 is 1.67 bits per heavy atom. The molecule has 1 heterocycles. The normalized spacial score (nSPS) is 37.6. The summed E-state index contributed by atoms with van der Waals surface area (Å²) < 4.78 is 22.7. The van der Waals surface area contributed by atoms with Crippen LogP contribution in [0.4, 0.5) is 0 Å². The zero-order valence-corrected chi connectivity index (χ0v) is 12.5. The minimum atomic E-state index is -2.70. The van der Waals surface area contributed by atoms with Gasteiger partial charge in [0.25, 0.3) is 0 Å². The minimum Gasteiger partial charge on any atom is -0.314 e. The van der Waals surface area contributed by atoms with E-state index in [2.05, 4.69) is 19.2 Å². The summed E-state index contributed by atoms with van der Waals surface area (Å²) in [5.74, 6) is 3.06. The summed E-state index contributed by atoms with van der Waals surface area (Å²) in [5, 5.41) is 3.67. The van der Waals surface area contributed by atoms with Gasteiger partial charge in [-0.1, -0.05) is 13.8 Å². The third-order valence-electron chi connectivity index (χ3n) is 4.97. The van der Waals surface area contributed by atoms with Crippen LogP contribution in [0.5, 0.6) is 0 Å². The van der Waals surface area contributed by atoms with E-state index in [0.29, 0.717) is 23.5 Å². The fourth-order valence-corrected chi connectivity index (χ4v) is 4.80. The van der Waals surface area contributed by atoms with Crippen LogP contribution in [0, 0.1) is 17.8 Å². The molecule has 0 spiro atoms. The van der Waals surface area contributed by atoms with Crippen LogP contribution >= 0.6 is 0 Å². The van der Waals surface area contributed by atoms with Crippen molar-refractivity contribution in [3.05, 3.63) is 0 Å². The predicted molar refractivity (Wildman–Crippen MR) is 75.3 cm³/mol. The molecule has 1 saturated heterocycles. The molecule has 3 atom stereocenters. The Morgan fingerprint density at radius 1 is 1.00 bits per heavy atom. The highest BCUT2D eigenvalue weighted by Gasteiger charge is 2.27. The lowest BCUT2D eigenvalue weighted by molar-refractivity contribution is 0.219. The molecule has 0 amide bonds. The molecule has 2 fully saturated rings. The fraction of sp³-hybridized carbons (Fsp3) is 1.00. The van der Waals surface area contributed by atoms with Crippen molar-refractivity contribution in [1.29, 1.82) is 0 Å². The Balaban J connectivity index is 1.69. The lowest BCUT2D eigenvalue weighted by atomic mass is 9.79. The van der Waals surface area contributed by atoms with E-state index < -0.39 is 9.84 Å². The molecule has 106 valence electrons. The maximum absolute atomic E-state index is 11.4. The lowest BCUT2D eigenvalue weighted by Gasteiger charge is -2.34. The minimum absolute atomic E-state index is 0.400. The second-order valence-corrected chi connectivity index (χ2v) is 8.77. The zero-order valence-electron chi connectivity index (χ0n) is 11.7. The molecule has 0 aromatic rings. The highest BCUT2D eigenvalue weighted by Crippen LogP contribution is 2.29. The van der Waals surface area contributed by atoms with E-state index in [-0.39, 0.29) is 0 Å². The fourth-order valence-electron chi connectivity index (χ4n) is 3.21. The molecule has 18 heavy (non-hydrogen) atoms. The van der Waals surface area contributed by atoms with Crippen molar-refractivity contribution in [2.45, 2.75) is 52.0 Å². The van der Waals surface area contributed by atoms with Gasteiger partial charge in [-0.3, -0.25) is 0 Å². The maximum atomic E-state index is 11.4. The Labute approximate surface area is 112 Å². The van der Waals surface area contributed by atoms with Crippen LogP contribution in [0.1, 0.15) is 46.0 Å². The summed E-state index contributed by atoms with van der Waals surface area (Å²) >= 11 is 0. The lowest BCUT2D eigenvalue weighted by Crippen LogP contribution is -2.40. The molecule has 1 N–H and O–H groups in total. The van der Waals surface area contributed by atoms with Crippen LogP contribution in [-0.2, 0) is 9.84 Å². The van der Waals surface area contributed by atoms with Gasteiger partial charge in [0.2, 0.25) is 0 Å². The van der Waals surface area contributed by atoms with Crippen LogP contribution in [0.2, 0.25) is 0 Å². The van der Waals surface area contributed by atoms with Gasteiger partial charge >= 0.3 is 0 Å². The van der Waals surface area contributed by atoms with Crippen molar-refractivity contribution < 1.29 is 8.42 Å². The van der Waals surface area contributed by atoms with Crippen LogP contribution in [-0.4, -0.2) is 32.5 Å². The Kier molecular flexibility index (Phi) is 4.70. The molecule has 1 aliphatic heterocycles. The van der Waals surface area contributed by atoms with Gasteiger partial charge in [-0.05, 0) is 56.4 Å². The van der Waals surface area contributed by atoms with Gasteiger partial charge in [0, 0.05) is 6.04 Å². The van der Waals surface area contributed by atoms with E-state index in [0.717, 1.165) is 31.2 Å². The van der Waals surface area contributed by atoms with Gasteiger partial charge in [-0.25, -0.2) is 8.42 Å². The topological polar surface area (TPSA) is 46.2 Å². The highest BCUT2D eigenvalue weighted by atomic mass is 32.2. The first-order valence-corrected chi connectivity index (χ1v) is 9.22. The van der Waals surface area contributed by atoms with E-state index in [1.807, 2.05) is 0 Å².